The molecule has 0 aliphatic carbocycles. The van der Waals surface area contributed by atoms with Crippen LogP contribution in [0.4, 0.5) is 11.4 Å². The summed E-state index contributed by atoms with van der Waals surface area (Å²) in [6, 6.07) is 13.2. The van der Waals surface area contributed by atoms with E-state index < -0.39 is 14.9 Å². The predicted molar refractivity (Wildman–Crippen MR) is 99.8 cm³/mol. The highest BCUT2D eigenvalue weighted by Crippen LogP contribution is 2.25. The van der Waals surface area contributed by atoms with Crippen molar-refractivity contribution in [3.8, 4) is 0 Å². The maximum absolute atomic E-state index is 12.8. The van der Waals surface area contributed by atoms with E-state index in [1.54, 1.807) is 0 Å². The van der Waals surface area contributed by atoms with Gasteiger partial charge in [-0.15, -0.1) is 0 Å². The predicted octanol–water partition coefficient (Wildman–Crippen LogP) is 2.80. The normalized spacial score (nSPS) is 18.7. The zero-order chi connectivity index (χ0) is 18.9. The van der Waals surface area contributed by atoms with E-state index in [9.17, 15) is 18.5 Å². The van der Waals surface area contributed by atoms with E-state index in [0.29, 0.717) is 19.6 Å². The van der Waals surface area contributed by atoms with Gasteiger partial charge in [0, 0.05) is 43.5 Å². The lowest BCUT2D eigenvalue weighted by Gasteiger charge is -2.40. The standard InChI is InChI=1S/C18H21N3O4S/c1-14-3-5-16(6-4-14)20-12-11-19(13-15(20)2)26(24,25)18-9-7-17(8-10-18)21(22)23/h3-10,15H,11-13H2,1-2H3. The van der Waals surface area contributed by atoms with Gasteiger partial charge in [-0.2, -0.15) is 4.31 Å². The van der Waals surface area contributed by atoms with Crippen molar-refractivity contribution in [1.82, 2.24) is 4.31 Å². The van der Waals surface area contributed by atoms with Crippen LogP contribution in [0, 0.1) is 17.0 Å². The number of non-ortho nitro benzene ring substituents is 1. The first kappa shape index (κ1) is 18.3. The summed E-state index contributed by atoms with van der Waals surface area (Å²) >= 11 is 0. The molecule has 1 unspecified atom stereocenters. The van der Waals surface area contributed by atoms with Crippen molar-refractivity contribution in [2.75, 3.05) is 24.5 Å². The molecule has 1 aliphatic heterocycles. The first-order chi connectivity index (χ1) is 12.3. The fraction of sp³-hybridized carbons (Fsp3) is 0.333. The molecule has 0 amide bonds. The number of hydrogen-bond acceptors (Lipinski definition) is 5. The Balaban J connectivity index is 1.76. The van der Waals surface area contributed by atoms with Crippen LogP contribution in [0.1, 0.15) is 12.5 Å². The Labute approximate surface area is 153 Å². The van der Waals surface area contributed by atoms with E-state index in [1.807, 2.05) is 38.1 Å². The van der Waals surface area contributed by atoms with Crippen LogP contribution in [0.5, 0.6) is 0 Å². The van der Waals surface area contributed by atoms with Gasteiger partial charge < -0.3 is 4.90 Å². The molecule has 0 bridgehead atoms. The van der Waals surface area contributed by atoms with E-state index in [1.165, 1.54) is 34.1 Å². The van der Waals surface area contributed by atoms with Crippen LogP contribution in [0.15, 0.2) is 53.4 Å². The average molecular weight is 375 g/mol. The Hall–Kier alpha value is -2.45. The van der Waals surface area contributed by atoms with E-state index in [-0.39, 0.29) is 16.6 Å². The number of rotatable bonds is 4. The van der Waals surface area contributed by atoms with Crippen molar-refractivity contribution in [2.45, 2.75) is 24.8 Å². The van der Waals surface area contributed by atoms with Gasteiger partial charge in [-0.05, 0) is 38.1 Å². The molecular formula is C18H21N3O4S. The average Bonchev–Trinajstić information content (AvgIpc) is 2.62. The molecule has 1 aliphatic rings. The molecule has 1 atom stereocenters. The number of sulfonamides is 1. The molecule has 1 heterocycles. The van der Waals surface area contributed by atoms with E-state index in [4.69, 9.17) is 0 Å². The van der Waals surface area contributed by atoms with Gasteiger partial charge in [0.15, 0.2) is 0 Å². The summed E-state index contributed by atoms with van der Waals surface area (Å²) in [5.41, 5.74) is 2.14. The van der Waals surface area contributed by atoms with Gasteiger partial charge in [-0.25, -0.2) is 8.42 Å². The molecule has 7 nitrogen and oxygen atoms in total. The van der Waals surface area contributed by atoms with Gasteiger partial charge >= 0.3 is 0 Å². The Morgan fingerprint density at radius 2 is 1.65 bits per heavy atom. The summed E-state index contributed by atoms with van der Waals surface area (Å²) in [6.07, 6.45) is 0. The van der Waals surface area contributed by atoms with E-state index >= 15 is 0 Å². The number of aryl methyl sites for hydroxylation is 1. The van der Waals surface area contributed by atoms with Crippen molar-refractivity contribution in [3.05, 3.63) is 64.2 Å². The van der Waals surface area contributed by atoms with Crippen molar-refractivity contribution in [3.63, 3.8) is 0 Å². The Bertz CT molecular complexity index is 895. The molecule has 0 saturated carbocycles. The minimum atomic E-state index is -3.67. The van der Waals surface area contributed by atoms with Gasteiger partial charge in [-0.3, -0.25) is 10.1 Å². The molecular weight excluding hydrogens is 354 g/mol. The minimum Gasteiger partial charge on any atom is -0.366 e. The highest BCUT2D eigenvalue weighted by Gasteiger charge is 2.32. The number of nitro benzene ring substituents is 1. The van der Waals surface area contributed by atoms with Crippen molar-refractivity contribution in [2.24, 2.45) is 0 Å². The highest BCUT2D eigenvalue weighted by atomic mass is 32.2. The summed E-state index contributed by atoms with van der Waals surface area (Å²) in [5.74, 6) is 0. The number of piperazine rings is 1. The molecule has 0 radical (unpaired) electrons. The van der Waals surface area contributed by atoms with Gasteiger partial charge in [0.25, 0.3) is 5.69 Å². The topological polar surface area (TPSA) is 83.8 Å². The van der Waals surface area contributed by atoms with Crippen molar-refractivity contribution in [1.29, 1.82) is 0 Å². The summed E-state index contributed by atoms with van der Waals surface area (Å²) in [7, 11) is -3.67. The molecule has 0 spiro atoms. The molecule has 3 rings (SSSR count). The maximum Gasteiger partial charge on any atom is 0.269 e. The molecule has 1 saturated heterocycles. The van der Waals surface area contributed by atoms with E-state index in [2.05, 4.69) is 4.90 Å². The van der Waals surface area contributed by atoms with Gasteiger partial charge in [-0.1, -0.05) is 17.7 Å². The number of nitrogens with zero attached hydrogens (tertiary/aromatic N) is 3. The second-order valence-corrected chi connectivity index (χ2v) is 8.43. The third kappa shape index (κ3) is 3.56. The molecule has 2 aromatic carbocycles. The first-order valence-corrected chi connectivity index (χ1v) is 9.81. The van der Waals surface area contributed by atoms with Gasteiger partial charge in [0.1, 0.15) is 0 Å². The number of nitro groups is 1. The zero-order valence-corrected chi connectivity index (χ0v) is 15.5. The number of anilines is 1. The highest BCUT2D eigenvalue weighted by molar-refractivity contribution is 7.89. The lowest BCUT2D eigenvalue weighted by atomic mass is 10.1. The van der Waals surface area contributed by atoms with Crippen LogP contribution in [0.3, 0.4) is 0 Å². The molecule has 26 heavy (non-hydrogen) atoms. The third-order valence-corrected chi connectivity index (χ3v) is 6.52. The summed E-state index contributed by atoms with van der Waals surface area (Å²) in [5, 5.41) is 10.7. The Kier molecular flexibility index (Phi) is 4.97. The van der Waals surface area contributed by atoms with Crippen LogP contribution < -0.4 is 4.90 Å². The lowest BCUT2D eigenvalue weighted by molar-refractivity contribution is -0.384. The van der Waals surface area contributed by atoms with Crippen molar-refractivity contribution < 1.29 is 13.3 Å². The van der Waals surface area contributed by atoms with Crippen LogP contribution in [-0.2, 0) is 10.0 Å². The molecule has 2 aromatic rings. The van der Waals surface area contributed by atoms with Crippen LogP contribution in [0.2, 0.25) is 0 Å². The Morgan fingerprint density at radius 1 is 1.04 bits per heavy atom. The smallest absolute Gasteiger partial charge is 0.269 e. The molecule has 0 N–H and O–H groups in total. The minimum absolute atomic E-state index is 0.0271. The van der Waals surface area contributed by atoms with Gasteiger partial charge in [0.05, 0.1) is 9.82 Å². The molecule has 0 aromatic heterocycles. The Morgan fingerprint density at radius 3 is 2.19 bits per heavy atom. The maximum atomic E-state index is 12.8. The summed E-state index contributed by atoms with van der Waals surface area (Å²) in [4.78, 5) is 12.5. The molecule has 138 valence electrons. The van der Waals surface area contributed by atoms with Crippen molar-refractivity contribution >= 4 is 21.4 Å². The summed E-state index contributed by atoms with van der Waals surface area (Å²) in [6.45, 7) is 5.36. The SMILES string of the molecule is Cc1ccc(N2CCN(S(=O)(=O)c3ccc([N+](=O)[O-])cc3)CC2C)cc1. The molecule has 1 fully saturated rings. The second kappa shape index (κ2) is 7.05. The van der Waals surface area contributed by atoms with Crippen LogP contribution in [-0.4, -0.2) is 43.3 Å². The summed E-state index contributed by atoms with van der Waals surface area (Å²) < 4.78 is 27.1. The largest absolute Gasteiger partial charge is 0.366 e. The van der Waals surface area contributed by atoms with Gasteiger partial charge in [0.2, 0.25) is 10.0 Å². The number of hydrogen-bond donors (Lipinski definition) is 0. The number of benzene rings is 2. The fourth-order valence-electron chi connectivity index (χ4n) is 3.15. The lowest BCUT2D eigenvalue weighted by Crippen LogP contribution is -2.53. The third-order valence-electron chi connectivity index (χ3n) is 4.64. The fourth-order valence-corrected chi connectivity index (χ4v) is 4.66. The van der Waals surface area contributed by atoms with Crippen LogP contribution in [0.25, 0.3) is 0 Å². The zero-order valence-electron chi connectivity index (χ0n) is 14.7. The second-order valence-electron chi connectivity index (χ2n) is 6.49. The quantitative estimate of drug-likeness (QED) is 0.606. The van der Waals surface area contributed by atoms with E-state index in [0.717, 1.165) is 5.69 Å². The van der Waals surface area contributed by atoms with Crippen LogP contribution >= 0.6 is 0 Å². The first-order valence-electron chi connectivity index (χ1n) is 8.37. The monoisotopic (exact) mass is 375 g/mol. The molecule has 8 heteroatoms.